The van der Waals surface area contributed by atoms with E-state index in [1.165, 1.54) is 19.3 Å². The van der Waals surface area contributed by atoms with Gasteiger partial charge < -0.3 is 20.1 Å². The third-order valence-corrected chi connectivity index (χ3v) is 5.72. The summed E-state index contributed by atoms with van der Waals surface area (Å²) in [6.07, 6.45) is 6.99. The van der Waals surface area contributed by atoms with Gasteiger partial charge in [-0.15, -0.1) is 0 Å². The zero-order chi connectivity index (χ0) is 14.9. The maximum atomic E-state index is 9.64. The monoisotopic (exact) mass is 295 g/mol. The lowest BCUT2D eigenvalue weighted by Gasteiger charge is -2.61. The van der Waals surface area contributed by atoms with Crippen LogP contribution in [0.1, 0.15) is 45.4 Å². The van der Waals surface area contributed by atoms with Crippen LogP contribution in [0, 0.1) is 5.41 Å². The molecule has 1 heterocycles. The first-order valence-corrected chi connectivity index (χ1v) is 8.47. The number of rotatable bonds is 3. The van der Waals surface area contributed by atoms with Crippen LogP contribution in [0.3, 0.4) is 0 Å². The summed E-state index contributed by atoms with van der Waals surface area (Å²) in [6.45, 7) is 4.70. The summed E-state index contributed by atoms with van der Waals surface area (Å²) in [7, 11) is 1.86. The zero-order valence-electron chi connectivity index (χ0n) is 13.3. The van der Waals surface area contributed by atoms with E-state index < -0.39 is 0 Å². The number of nitrogens with one attached hydrogen (secondary N) is 1. The molecule has 0 bridgehead atoms. The van der Waals surface area contributed by atoms with E-state index in [1.807, 2.05) is 7.05 Å². The molecule has 1 aliphatic heterocycles. The average Bonchev–Trinajstić information content (AvgIpc) is 2.41. The fourth-order valence-electron chi connectivity index (χ4n) is 4.17. The van der Waals surface area contributed by atoms with Crippen LogP contribution in [0.2, 0.25) is 0 Å². The maximum Gasteiger partial charge on any atom is 0.193 e. The second kappa shape index (κ2) is 6.13. The molecule has 2 atom stereocenters. The Hall–Kier alpha value is -0.810. The molecule has 3 aliphatic rings. The first-order valence-electron chi connectivity index (χ1n) is 8.47. The number of aliphatic hydroxyl groups excluding tert-OH is 1. The number of likely N-dealkylation sites (tertiary alicyclic amines) is 1. The molecular weight excluding hydrogens is 266 g/mol. The van der Waals surface area contributed by atoms with Crippen molar-refractivity contribution >= 4 is 5.96 Å². The van der Waals surface area contributed by atoms with Gasteiger partial charge in [0, 0.05) is 38.2 Å². The fraction of sp³-hybridized carbons (Fsp3) is 0.938. The molecule has 3 rings (SSSR count). The first kappa shape index (κ1) is 15.1. The lowest BCUT2D eigenvalue weighted by molar-refractivity contribution is -0.169. The van der Waals surface area contributed by atoms with Gasteiger partial charge in [0.15, 0.2) is 5.96 Å². The minimum Gasteiger partial charge on any atom is -0.393 e. The van der Waals surface area contributed by atoms with Gasteiger partial charge in [0.2, 0.25) is 0 Å². The summed E-state index contributed by atoms with van der Waals surface area (Å²) in [5.41, 5.74) is 0.362. The van der Waals surface area contributed by atoms with E-state index in [0.717, 1.165) is 44.9 Å². The van der Waals surface area contributed by atoms with E-state index in [1.54, 1.807) is 0 Å². The standard InChI is InChI=1S/C16H29N3O2/c1-3-21-14-11-13(16(14)7-4-8-16)18-15(17-2)19-9-5-12(20)6-10-19/h12-14,20H,3-11H2,1-2H3,(H,17,18). The lowest BCUT2D eigenvalue weighted by Crippen LogP contribution is -2.69. The molecule has 0 aromatic rings. The quantitative estimate of drug-likeness (QED) is 0.610. The highest BCUT2D eigenvalue weighted by Gasteiger charge is 2.59. The number of piperidine rings is 1. The van der Waals surface area contributed by atoms with Crippen molar-refractivity contribution in [2.75, 3.05) is 26.7 Å². The van der Waals surface area contributed by atoms with Crippen LogP contribution in [0.25, 0.3) is 0 Å². The van der Waals surface area contributed by atoms with Gasteiger partial charge in [-0.1, -0.05) is 6.42 Å². The van der Waals surface area contributed by atoms with Crippen molar-refractivity contribution in [1.82, 2.24) is 10.2 Å². The Morgan fingerprint density at radius 2 is 2.10 bits per heavy atom. The molecule has 2 N–H and O–H groups in total. The molecule has 1 spiro atoms. The summed E-state index contributed by atoms with van der Waals surface area (Å²) in [4.78, 5) is 6.75. The van der Waals surface area contributed by atoms with E-state index in [2.05, 4.69) is 22.1 Å². The highest BCUT2D eigenvalue weighted by Crippen LogP contribution is 2.57. The van der Waals surface area contributed by atoms with Crippen molar-refractivity contribution in [3.05, 3.63) is 0 Å². The van der Waals surface area contributed by atoms with E-state index in [0.29, 0.717) is 17.6 Å². The summed E-state index contributed by atoms with van der Waals surface area (Å²) >= 11 is 0. The lowest BCUT2D eigenvalue weighted by atomic mass is 9.51. The highest BCUT2D eigenvalue weighted by atomic mass is 16.5. The number of nitrogens with zero attached hydrogens (tertiary/aromatic N) is 2. The van der Waals surface area contributed by atoms with Crippen molar-refractivity contribution in [3.8, 4) is 0 Å². The Morgan fingerprint density at radius 1 is 1.38 bits per heavy atom. The van der Waals surface area contributed by atoms with Gasteiger partial charge in [-0.25, -0.2) is 0 Å². The molecular formula is C16H29N3O2. The maximum absolute atomic E-state index is 9.64. The Bertz CT molecular complexity index is 387. The van der Waals surface area contributed by atoms with Gasteiger partial charge in [-0.05, 0) is 39.0 Å². The molecule has 0 aromatic heterocycles. The van der Waals surface area contributed by atoms with Crippen LogP contribution in [0.15, 0.2) is 4.99 Å². The largest absolute Gasteiger partial charge is 0.393 e. The Labute approximate surface area is 127 Å². The third kappa shape index (κ3) is 2.66. The molecule has 0 aromatic carbocycles. The number of aliphatic imine (C=N–C) groups is 1. The van der Waals surface area contributed by atoms with Gasteiger partial charge in [0.25, 0.3) is 0 Å². The molecule has 2 unspecified atom stereocenters. The number of guanidine groups is 1. The molecule has 0 amide bonds. The minimum atomic E-state index is -0.136. The molecule has 1 saturated heterocycles. The van der Waals surface area contributed by atoms with Crippen LogP contribution in [0.4, 0.5) is 0 Å². The third-order valence-electron chi connectivity index (χ3n) is 5.72. The number of ether oxygens (including phenoxy) is 1. The van der Waals surface area contributed by atoms with Gasteiger partial charge in [0.1, 0.15) is 0 Å². The fourth-order valence-corrected chi connectivity index (χ4v) is 4.17. The Kier molecular flexibility index (Phi) is 4.41. The normalized spacial score (nSPS) is 32.7. The molecule has 120 valence electrons. The smallest absolute Gasteiger partial charge is 0.193 e. The van der Waals surface area contributed by atoms with E-state index in [-0.39, 0.29) is 6.10 Å². The molecule has 2 aliphatic carbocycles. The molecule has 3 fully saturated rings. The first-order chi connectivity index (χ1) is 10.2. The summed E-state index contributed by atoms with van der Waals surface area (Å²) < 4.78 is 5.91. The summed E-state index contributed by atoms with van der Waals surface area (Å²) in [5.74, 6) is 1.01. The molecule has 0 radical (unpaired) electrons. The summed E-state index contributed by atoms with van der Waals surface area (Å²) in [6, 6.07) is 0.508. The van der Waals surface area contributed by atoms with Crippen LogP contribution in [0.5, 0.6) is 0 Å². The van der Waals surface area contributed by atoms with Gasteiger partial charge in [-0.2, -0.15) is 0 Å². The Balaban J connectivity index is 1.58. The molecule has 21 heavy (non-hydrogen) atoms. The van der Waals surface area contributed by atoms with E-state index in [4.69, 9.17) is 4.74 Å². The molecule has 2 saturated carbocycles. The van der Waals surface area contributed by atoms with Crippen molar-refractivity contribution in [3.63, 3.8) is 0 Å². The Morgan fingerprint density at radius 3 is 2.62 bits per heavy atom. The molecule has 5 heteroatoms. The second-order valence-corrected chi connectivity index (χ2v) is 6.73. The minimum absolute atomic E-state index is 0.136. The number of hydrogen-bond donors (Lipinski definition) is 2. The van der Waals surface area contributed by atoms with E-state index >= 15 is 0 Å². The predicted octanol–water partition coefficient (Wildman–Crippen LogP) is 1.37. The number of hydrogen-bond acceptors (Lipinski definition) is 3. The average molecular weight is 295 g/mol. The summed E-state index contributed by atoms with van der Waals surface area (Å²) in [5, 5.41) is 13.3. The van der Waals surface area contributed by atoms with Crippen molar-refractivity contribution in [2.24, 2.45) is 10.4 Å². The van der Waals surface area contributed by atoms with Crippen LogP contribution in [-0.4, -0.2) is 61.0 Å². The van der Waals surface area contributed by atoms with Crippen molar-refractivity contribution < 1.29 is 9.84 Å². The SMILES string of the molecule is CCOC1CC(NC(=NC)N2CCC(O)CC2)C12CCC2. The predicted molar refractivity (Wildman–Crippen MR) is 83.4 cm³/mol. The highest BCUT2D eigenvalue weighted by molar-refractivity contribution is 5.80. The van der Waals surface area contributed by atoms with Gasteiger partial charge in [-0.3, -0.25) is 4.99 Å². The van der Waals surface area contributed by atoms with Crippen molar-refractivity contribution in [2.45, 2.75) is 63.7 Å². The number of aliphatic hydroxyl groups is 1. The topological polar surface area (TPSA) is 57.1 Å². The van der Waals surface area contributed by atoms with Crippen LogP contribution in [-0.2, 0) is 4.74 Å². The van der Waals surface area contributed by atoms with E-state index in [9.17, 15) is 5.11 Å². The second-order valence-electron chi connectivity index (χ2n) is 6.73. The zero-order valence-corrected chi connectivity index (χ0v) is 13.3. The van der Waals surface area contributed by atoms with Crippen LogP contribution >= 0.6 is 0 Å². The van der Waals surface area contributed by atoms with Gasteiger partial charge >= 0.3 is 0 Å². The van der Waals surface area contributed by atoms with Crippen molar-refractivity contribution in [1.29, 1.82) is 0 Å². The molecule has 5 nitrogen and oxygen atoms in total. The van der Waals surface area contributed by atoms with Gasteiger partial charge in [0.05, 0.1) is 12.2 Å². The van der Waals surface area contributed by atoms with Crippen LogP contribution < -0.4 is 5.32 Å².